The van der Waals surface area contributed by atoms with Gasteiger partial charge >= 0.3 is 0 Å². The Kier molecular flexibility index (Phi) is 5.43. The van der Waals surface area contributed by atoms with E-state index in [0.717, 1.165) is 22.8 Å². The monoisotopic (exact) mass is 370 g/mol. The smallest absolute Gasteiger partial charge is 0.229 e. The highest BCUT2D eigenvalue weighted by Gasteiger charge is 2.08. The summed E-state index contributed by atoms with van der Waals surface area (Å²) in [4.78, 5) is 8.94. The molecule has 0 aliphatic carbocycles. The van der Waals surface area contributed by atoms with E-state index in [1.54, 1.807) is 32.4 Å². The number of aromatic nitrogens is 2. The molecule has 0 unspecified atom stereocenters. The molecular weight excluding hydrogens is 352 g/mol. The molecule has 2 aromatic carbocycles. The summed E-state index contributed by atoms with van der Waals surface area (Å²) >= 11 is 6.09. The number of nitrogens with one attached hydrogen (secondary N) is 2. The van der Waals surface area contributed by atoms with Crippen LogP contribution in [0.2, 0.25) is 5.02 Å². The van der Waals surface area contributed by atoms with Crippen molar-refractivity contribution in [2.75, 3.05) is 24.9 Å². The predicted molar refractivity (Wildman–Crippen MR) is 104 cm³/mol. The summed E-state index contributed by atoms with van der Waals surface area (Å²) in [6.07, 6.45) is 0. The lowest BCUT2D eigenvalue weighted by Crippen LogP contribution is -2.03. The van der Waals surface area contributed by atoms with Crippen LogP contribution in [0.4, 0.5) is 23.1 Å². The maximum atomic E-state index is 6.09. The van der Waals surface area contributed by atoms with Crippen molar-refractivity contribution >= 4 is 34.7 Å². The molecule has 6 nitrogen and oxygen atoms in total. The molecule has 1 aromatic heterocycles. The highest BCUT2D eigenvalue weighted by Crippen LogP contribution is 2.30. The summed E-state index contributed by atoms with van der Waals surface area (Å²) in [6, 6.07) is 14.8. The van der Waals surface area contributed by atoms with E-state index in [9.17, 15) is 0 Å². The number of anilines is 4. The first kappa shape index (κ1) is 17.8. The molecule has 1 heterocycles. The molecule has 0 atom stereocenters. The number of rotatable bonds is 6. The Bertz CT molecular complexity index is 918. The van der Waals surface area contributed by atoms with Gasteiger partial charge in [-0.15, -0.1) is 0 Å². The van der Waals surface area contributed by atoms with Crippen LogP contribution in [0.1, 0.15) is 5.69 Å². The van der Waals surface area contributed by atoms with Gasteiger partial charge in [0.2, 0.25) is 5.95 Å². The van der Waals surface area contributed by atoms with Gasteiger partial charge in [0.15, 0.2) is 0 Å². The van der Waals surface area contributed by atoms with Gasteiger partial charge in [0.25, 0.3) is 0 Å². The summed E-state index contributed by atoms with van der Waals surface area (Å²) in [6.45, 7) is 1.90. The van der Waals surface area contributed by atoms with Crippen molar-refractivity contribution in [1.82, 2.24) is 9.97 Å². The third-order valence-corrected chi connectivity index (χ3v) is 3.84. The minimum absolute atomic E-state index is 0.474. The van der Waals surface area contributed by atoms with E-state index < -0.39 is 0 Å². The molecule has 0 spiro atoms. The van der Waals surface area contributed by atoms with Gasteiger partial charge in [0, 0.05) is 28.5 Å². The number of ether oxygens (including phenoxy) is 2. The van der Waals surface area contributed by atoms with Crippen molar-refractivity contribution in [1.29, 1.82) is 0 Å². The number of hydrogen-bond donors (Lipinski definition) is 2. The second kappa shape index (κ2) is 7.93. The lowest BCUT2D eigenvalue weighted by atomic mass is 10.3. The van der Waals surface area contributed by atoms with Crippen LogP contribution >= 0.6 is 11.6 Å². The Morgan fingerprint density at radius 3 is 2.54 bits per heavy atom. The summed E-state index contributed by atoms with van der Waals surface area (Å²) in [5.41, 5.74) is 2.38. The molecular formula is C19H19ClN4O2. The Labute approximate surface area is 157 Å². The Hall–Kier alpha value is -2.99. The third kappa shape index (κ3) is 4.34. The maximum Gasteiger partial charge on any atom is 0.229 e. The van der Waals surface area contributed by atoms with Crippen molar-refractivity contribution in [3.63, 3.8) is 0 Å². The molecule has 0 aliphatic rings. The normalized spacial score (nSPS) is 10.3. The van der Waals surface area contributed by atoms with Crippen molar-refractivity contribution < 1.29 is 9.47 Å². The van der Waals surface area contributed by atoms with Crippen molar-refractivity contribution in [2.24, 2.45) is 0 Å². The number of aryl methyl sites for hydroxylation is 1. The predicted octanol–water partition coefficient (Wildman–Crippen LogP) is 4.94. The van der Waals surface area contributed by atoms with Gasteiger partial charge in [-0.1, -0.05) is 17.7 Å². The van der Waals surface area contributed by atoms with Crippen LogP contribution in [-0.2, 0) is 0 Å². The topological polar surface area (TPSA) is 68.3 Å². The van der Waals surface area contributed by atoms with E-state index in [0.29, 0.717) is 22.5 Å². The highest BCUT2D eigenvalue weighted by atomic mass is 35.5. The zero-order valence-corrected chi connectivity index (χ0v) is 15.5. The van der Waals surface area contributed by atoms with Crippen LogP contribution in [0, 0.1) is 6.92 Å². The maximum absolute atomic E-state index is 6.09. The Morgan fingerprint density at radius 1 is 0.923 bits per heavy atom. The number of methoxy groups -OCH3 is 2. The second-order valence-corrected chi connectivity index (χ2v) is 5.98. The van der Waals surface area contributed by atoms with Crippen LogP contribution < -0.4 is 20.1 Å². The van der Waals surface area contributed by atoms with Crippen molar-refractivity contribution in [3.8, 4) is 11.5 Å². The molecule has 0 bridgehead atoms. The SMILES string of the molecule is COc1cccc(Nc2nc(C)cc(Nc3cc(Cl)ccc3OC)n2)c1. The van der Waals surface area contributed by atoms with Crippen LogP contribution in [-0.4, -0.2) is 24.2 Å². The van der Waals surface area contributed by atoms with Gasteiger partial charge in [-0.25, -0.2) is 4.98 Å². The second-order valence-electron chi connectivity index (χ2n) is 5.54. The zero-order valence-electron chi connectivity index (χ0n) is 14.7. The van der Waals surface area contributed by atoms with Gasteiger partial charge < -0.3 is 20.1 Å². The van der Waals surface area contributed by atoms with Gasteiger partial charge in [-0.05, 0) is 37.3 Å². The Morgan fingerprint density at radius 2 is 1.77 bits per heavy atom. The number of benzene rings is 2. The van der Waals surface area contributed by atoms with Gasteiger partial charge in [0.05, 0.1) is 19.9 Å². The lowest BCUT2D eigenvalue weighted by Gasteiger charge is -2.13. The molecule has 3 aromatic rings. The molecule has 0 fully saturated rings. The number of halogens is 1. The van der Waals surface area contributed by atoms with Gasteiger partial charge in [-0.3, -0.25) is 0 Å². The summed E-state index contributed by atoms with van der Waals surface area (Å²) in [7, 11) is 3.23. The minimum Gasteiger partial charge on any atom is -0.497 e. The fourth-order valence-electron chi connectivity index (χ4n) is 2.43. The highest BCUT2D eigenvalue weighted by molar-refractivity contribution is 6.31. The molecule has 2 N–H and O–H groups in total. The van der Waals surface area contributed by atoms with Gasteiger partial charge in [0.1, 0.15) is 17.3 Å². The minimum atomic E-state index is 0.474. The first-order chi connectivity index (χ1) is 12.6. The van der Waals surface area contributed by atoms with Crippen LogP contribution in [0.25, 0.3) is 0 Å². The van der Waals surface area contributed by atoms with Crippen molar-refractivity contribution in [3.05, 3.63) is 59.2 Å². The van der Waals surface area contributed by atoms with E-state index in [4.69, 9.17) is 21.1 Å². The molecule has 134 valence electrons. The molecule has 0 saturated carbocycles. The lowest BCUT2D eigenvalue weighted by molar-refractivity contribution is 0.415. The van der Waals surface area contributed by atoms with Crippen molar-refractivity contribution in [2.45, 2.75) is 6.92 Å². The van der Waals surface area contributed by atoms with E-state index in [-0.39, 0.29) is 0 Å². The van der Waals surface area contributed by atoms with E-state index in [2.05, 4.69) is 20.6 Å². The molecule has 7 heteroatoms. The van der Waals surface area contributed by atoms with Crippen LogP contribution in [0.3, 0.4) is 0 Å². The fraction of sp³-hybridized carbons (Fsp3) is 0.158. The molecule has 3 rings (SSSR count). The van der Waals surface area contributed by atoms with Crippen LogP contribution in [0.15, 0.2) is 48.5 Å². The molecule has 0 saturated heterocycles. The first-order valence-electron chi connectivity index (χ1n) is 7.94. The van der Waals surface area contributed by atoms with Gasteiger partial charge in [-0.2, -0.15) is 4.98 Å². The molecule has 0 amide bonds. The average molecular weight is 371 g/mol. The fourth-order valence-corrected chi connectivity index (χ4v) is 2.61. The van der Waals surface area contributed by atoms with Crippen LogP contribution in [0.5, 0.6) is 11.5 Å². The molecule has 26 heavy (non-hydrogen) atoms. The zero-order chi connectivity index (χ0) is 18.5. The summed E-state index contributed by atoms with van der Waals surface area (Å²) < 4.78 is 10.6. The number of hydrogen-bond acceptors (Lipinski definition) is 6. The van der Waals surface area contributed by atoms with E-state index in [1.165, 1.54) is 0 Å². The third-order valence-electron chi connectivity index (χ3n) is 3.60. The van der Waals surface area contributed by atoms with E-state index >= 15 is 0 Å². The average Bonchev–Trinajstić information content (AvgIpc) is 2.61. The standard InChI is InChI=1S/C19H19ClN4O2/c1-12-9-18(23-16-10-13(20)7-8-17(16)26-3)24-19(21-12)22-14-5-4-6-15(11-14)25-2/h4-11H,1-3H3,(H2,21,22,23,24). The summed E-state index contributed by atoms with van der Waals surface area (Å²) in [5.74, 6) is 2.53. The number of nitrogens with zero attached hydrogens (tertiary/aromatic N) is 2. The molecule has 0 aliphatic heterocycles. The summed E-state index contributed by atoms with van der Waals surface area (Å²) in [5, 5.41) is 7.02. The largest absolute Gasteiger partial charge is 0.497 e. The quantitative estimate of drug-likeness (QED) is 0.640. The molecule has 0 radical (unpaired) electrons. The Balaban J connectivity index is 1.87. The first-order valence-corrected chi connectivity index (χ1v) is 8.32. The van der Waals surface area contributed by atoms with E-state index in [1.807, 2.05) is 37.3 Å².